The number of hydrazone groups is 1. The normalized spacial score (nSPS) is 11.2. The fourth-order valence-corrected chi connectivity index (χ4v) is 5.09. The van der Waals surface area contributed by atoms with Gasteiger partial charge in [-0.1, -0.05) is 11.6 Å². The summed E-state index contributed by atoms with van der Waals surface area (Å²) >= 11 is 6.17. The zero-order chi connectivity index (χ0) is 28.6. The van der Waals surface area contributed by atoms with Gasteiger partial charge in [0, 0.05) is 11.1 Å². The quantitative estimate of drug-likeness (QED) is 0.245. The maximum absolute atomic E-state index is 13.8. The highest BCUT2D eigenvalue weighted by molar-refractivity contribution is 7.92. The lowest BCUT2D eigenvalue weighted by Crippen LogP contribution is -2.39. The number of amides is 1. The molecule has 0 aliphatic heterocycles. The molecule has 11 nitrogen and oxygen atoms in total. The number of hydrogen-bond acceptors (Lipinski definition) is 9. The van der Waals surface area contributed by atoms with Gasteiger partial charge in [-0.3, -0.25) is 9.10 Å². The van der Waals surface area contributed by atoms with Crippen LogP contribution in [-0.2, 0) is 14.8 Å². The third kappa shape index (κ3) is 7.03. The zero-order valence-corrected chi connectivity index (χ0v) is 23.2. The van der Waals surface area contributed by atoms with Crippen LogP contribution in [0, 0.1) is 0 Å². The summed E-state index contributed by atoms with van der Waals surface area (Å²) in [4.78, 5) is 12.8. The molecule has 0 fully saturated rings. The van der Waals surface area contributed by atoms with Crippen LogP contribution in [0.5, 0.6) is 28.7 Å². The largest absolute Gasteiger partial charge is 0.504 e. The summed E-state index contributed by atoms with van der Waals surface area (Å²) in [6.45, 7) is 1.46. The molecule has 3 rings (SSSR count). The van der Waals surface area contributed by atoms with Crippen molar-refractivity contribution in [1.29, 1.82) is 0 Å². The summed E-state index contributed by atoms with van der Waals surface area (Å²) in [5.74, 6) is 0.161. The second kappa shape index (κ2) is 13.1. The van der Waals surface area contributed by atoms with Gasteiger partial charge >= 0.3 is 0 Å². The van der Waals surface area contributed by atoms with Crippen LogP contribution in [0.2, 0.25) is 5.02 Å². The molecule has 3 aromatic carbocycles. The number of phenolic OH excluding ortho intramolecular Hbond substituents is 1. The van der Waals surface area contributed by atoms with Crippen molar-refractivity contribution in [2.24, 2.45) is 5.10 Å². The van der Waals surface area contributed by atoms with Crippen molar-refractivity contribution in [3.63, 3.8) is 0 Å². The van der Waals surface area contributed by atoms with Crippen molar-refractivity contribution < 1.29 is 37.3 Å². The molecule has 0 atom stereocenters. The Hall–Kier alpha value is -4.16. The fourth-order valence-electron chi connectivity index (χ4n) is 3.49. The predicted molar refractivity (Wildman–Crippen MR) is 147 cm³/mol. The van der Waals surface area contributed by atoms with E-state index in [4.69, 9.17) is 30.5 Å². The van der Waals surface area contributed by atoms with Crippen molar-refractivity contribution in [2.75, 3.05) is 38.8 Å². The monoisotopic (exact) mass is 577 g/mol. The second-order valence-electron chi connectivity index (χ2n) is 7.80. The number of benzene rings is 3. The first-order valence-electron chi connectivity index (χ1n) is 11.5. The van der Waals surface area contributed by atoms with Gasteiger partial charge in [-0.15, -0.1) is 0 Å². The van der Waals surface area contributed by atoms with Crippen LogP contribution < -0.4 is 28.7 Å². The highest BCUT2D eigenvalue weighted by Crippen LogP contribution is 2.37. The van der Waals surface area contributed by atoms with E-state index in [1.165, 1.54) is 70.0 Å². The highest BCUT2D eigenvalue weighted by Gasteiger charge is 2.30. The molecule has 3 aromatic rings. The summed E-state index contributed by atoms with van der Waals surface area (Å²) in [5, 5.41) is 14.0. The Bertz CT molecular complexity index is 1460. The van der Waals surface area contributed by atoms with Crippen molar-refractivity contribution in [3.05, 3.63) is 65.2 Å². The summed E-state index contributed by atoms with van der Waals surface area (Å²) < 4.78 is 49.6. The molecule has 0 bridgehead atoms. The molecule has 0 radical (unpaired) electrons. The third-order valence-electron chi connectivity index (χ3n) is 5.33. The van der Waals surface area contributed by atoms with Gasteiger partial charge in [0.1, 0.15) is 12.3 Å². The van der Waals surface area contributed by atoms with Crippen molar-refractivity contribution in [3.8, 4) is 28.7 Å². The molecule has 0 saturated heterocycles. The standard InChI is InChI=1S/C26H28ClN3O8S/c1-5-38-24-12-17(6-9-21(24)31)15-28-29-26(32)16-30(20-13-18(27)7-10-22(20)35-2)39(33,34)19-8-11-23(36-3)25(14-19)37-4/h6-15,31H,5,16H2,1-4H3,(H,29,32)/b28-15-. The number of sulfonamides is 1. The minimum Gasteiger partial charge on any atom is -0.504 e. The molecule has 0 spiro atoms. The molecule has 0 aliphatic rings. The number of phenols is 1. The van der Waals surface area contributed by atoms with Crippen LogP contribution in [0.3, 0.4) is 0 Å². The van der Waals surface area contributed by atoms with E-state index in [-0.39, 0.29) is 38.6 Å². The van der Waals surface area contributed by atoms with Crippen molar-refractivity contribution in [1.82, 2.24) is 5.43 Å². The molecule has 0 unspecified atom stereocenters. The number of methoxy groups -OCH3 is 3. The predicted octanol–water partition coefficient (Wildman–Crippen LogP) is 3.82. The van der Waals surface area contributed by atoms with Gasteiger partial charge in [0.15, 0.2) is 23.0 Å². The lowest BCUT2D eigenvalue weighted by molar-refractivity contribution is -0.119. The van der Waals surface area contributed by atoms with E-state index in [9.17, 15) is 18.3 Å². The minimum absolute atomic E-state index is 0.0375. The zero-order valence-electron chi connectivity index (χ0n) is 21.7. The number of anilines is 1. The number of carbonyl (C=O) groups excluding carboxylic acids is 1. The van der Waals surface area contributed by atoms with Gasteiger partial charge < -0.3 is 24.1 Å². The Kier molecular flexibility index (Phi) is 9.85. The van der Waals surface area contributed by atoms with Crippen molar-refractivity contribution in [2.45, 2.75) is 11.8 Å². The highest BCUT2D eigenvalue weighted by atomic mass is 35.5. The SMILES string of the molecule is CCOc1cc(/C=N\NC(=O)CN(c2cc(Cl)ccc2OC)S(=O)(=O)c2ccc(OC)c(OC)c2)ccc1O. The molecule has 1 amide bonds. The number of carbonyl (C=O) groups is 1. The molecular formula is C26H28ClN3O8S. The lowest BCUT2D eigenvalue weighted by atomic mass is 10.2. The molecule has 39 heavy (non-hydrogen) atoms. The number of halogens is 1. The molecule has 0 aliphatic carbocycles. The molecule has 13 heteroatoms. The average molecular weight is 578 g/mol. The Morgan fingerprint density at radius 2 is 1.67 bits per heavy atom. The maximum Gasteiger partial charge on any atom is 0.265 e. The maximum atomic E-state index is 13.8. The molecule has 0 heterocycles. The third-order valence-corrected chi connectivity index (χ3v) is 7.32. The van der Waals surface area contributed by atoms with Gasteiger partial charge in [-0.25, -0.2) is 13.8 Å². The summed E-state index contributed by atoms with van der Waals surface area (Å²) in [6, 6.07) is 13.0. The molecule has 2 N–H and O–H groups in total. The van der Waals surface area contributed by atoms with Crippen LogP contribution in [0.25, 0.3) is 0 Å². The van der Waals surface area contributed by atoms with E-state index in [1.54, 1.807) is 19.1 Å². The second-order valence-corrected chi connectivity index (χ2v) is 10.1. The molecule has 0 saturated carbocycles. The van der Waals surface area contributed by atoms with Crippen molar-refractivity contribution >= 4 is 39.4 Å². The summed E-state index contributed by atoms with van der Waals surface area (Å²) in [5.41, 5.74) is 2.89. The van der Waals surface area contributed by atoms with Crippen LogP contribution in [0.1, 0.15) is 12.5 Å². The van der Waals surface area contributed by atoms with Crippen LogP contribution in [0.4, 0.5) is 5.69 Å². The van der Waals surface area contributed by atoms with Gasteiger partial charge in [0.05, 0.1) is 44.7 Å². The van der Waals surface area contributed by atoms with Crippen LogP contribution in [-0.4, -0.2) is 60.1 Å². The number of aromatic hydroxyl groups is 1. The number of nitrogens with one attached hydrogen (secondary N) is 1. The molecule has 208 valence electrons. The van der Waals surface area contributed by atoms with E-state index in [2.05, 4.69) is 10.5 Å². The minimum atomic E-state index is -4.35. The van der Waals surface area contributed by atoms with E-state index in [0.717, 1.165) is 4.31 Å². The number of ether oxygens (including phenoxy) is 4. The Morgan fingerprint density at radius 3 is 2.33 bits per heavy atom. The first-order chi connectivity index (χ1) is 18.6. The summed E-state index contributed by atoms with van der Waals surface area (Å²) in [6.07, 6.45) is 1.33. The number of hydrogen-bond donors (Lipinski definition) is 2. The number of rotatable bonds is 12. The van der Waals surface area contributed by atoms with E-state index >= 15 is 0 Å². The lowest BCUT2D eigenvalue weighted by Gasteiger charge is -2.25. The first kappa shape index (κ1) is 29.4. The summed E-state index contributed by atoms with van der Waals surface area (Å²) in [7, 11) is -0.176. The molecular weight excluding hydrogens is 550 g/mol. The van der Waals surface area contributed by atoms with E-state index in [1.807, 2.05) is 0 Å². The van der Waals surface area contributed by atoms with E-state index in [0.29, 0.717) is 17.9 Å². The first-order valence-corrected chi connectivity index (χ1v) is 13.3. The van der Waals surface area contributed by atoms with Gasteiger partial charge in [-0.2, -0.15) is 5.10 Å². The Balaban J connectivity index is 1.95. The van der Waals surface area contributed by atoms with Gasteiger partial charge in [0.2, 0.25) is 0 Å². The van der Waals surface area contributed by atoms with Crippen LogP contribution >= 0.6 is 11.6 Å². The number of nitrogens with zero attached hydrogens (tertiary/aromatic N) is 2. The smallest absolute Gasteiger partial charge is 0.265 e. The Labute approximate surface area is 231 Å². The molecule has 0 aromatic heterocycles. The topological polar surface area (TPSA) is 136 Å². The van der Waals surface area contributed by atoms with E-state index < -0.39 is 22.5 Å². The average Bonchev–Trinajstić information content (AvgIpc) is 2.93. The Morgan fingerprint density at radius 1 is 0.974 bits per heavy atom. The fraction of sp³-hybridized carbons (Fsp3) is 0.231. The van der Waals surface area contributed by atoms with Crippen LogP contribution in [0.15, 0.2) is 64.6 Å². The van der Waals surface area contributed by atoms with Gasteiger partial charge in [-0.05, 0) is 61.0 Å². The van der Waals surface area contributed by atoms with Gasteiger partial charge in [0.25, 0.3) is 15.9 Å².